The van der Waals surface area contributed by atoms with Crippen molar-refractivity contribution in [2.75, 3.05) is 13.1 Å². The summed E-state index contributed by atoms with van der Waals surface area (Å²) in [5.74, 6) is 0. The van der Waals surface area contributed by atoms with Gasteiger partial charge in [0.05, 0.1) is 9.30 Å². The minimum absolute atomic E-state index is 0. The number of hydrogen-bond donors (Lipinski definition) is 1. The van der Waals surface area contributed by atoms with Crippen LogP contribution in [0.5, 0.6) is 0 Å². The summed E-state index contributed by atoms with van der Waals surface area (Å²) in [6, 6.07) is 16.9. The second-order valence-corrected chi connectivity index (χ2v) is 4.19. The van der Waals surface area contributed by atoms with Crippen LogP contribution in [0.2, 0.25) is 0 Å². The highest BCUT2D eigenvalue weighted by Gasteiger charge is 2.19. The van der Waals surface area contributed by atoms with Crippen LogP contribution >= 0.6 is 12.4 Å². The molecule has 0 spiro atoms. The molecule has 2 nitrogen and oxygen atoms in total. The zero-order valence-corrected chi connectivity index (χ0v) is 11.1. The van der Waals surface area contributed by atoms with E-state index in [-0.39, 0.29) is 19.0 Å². The molecule has 2 aromatic carbocycles. The molecule has 0 bridgehead atoms. The van der Waals surface area contributed by atoms with Crippen molar-refractivity contribution < 1.29 is 10.2 Å². The molecule has 1 aliphatic rings. The first-order chi connectivity index (χ1) is 10.4. The van der Waals surface area contributed by atoms with E-state index in [1.165, 1.54) is 0 Å². The number of fused-ring (bicyclic) bond motifs is 1. The van der Waals surface area contributed by atoms with Gasteiger partial charge in [-0.15, -0.1) is 12.4 Å². The van der Waals surface area contributed by atoms with Gasteiger partial charge in [0, 0.05) is 15.8 Å². The van der Waals surface area contributed by atoms with Gasteiger partial charge in [0.15, 0.2) is 0 Å². The minimum Gasteiger partial charge on any atom is -0.367 e. The van der Waals surface area contributed by atoms with Gasteiger partial charge in [0.1, 0.15) is 6.10 Å². The zero-order chi connectivity index (χ0) is 15.8. The van der Waals surface area contributed by atoms with Crippen LogP contribution in [0.1, 0.15) is 28.3 Å². The summed E-state index contributed by atoms with van der Waals surface area (Å²) in [5.41, 5.74) is 2.55. The van der Waals surface area contributed by atoms with E-state index in [2.05, 4.69) is 5.32 Å². The van der Waals surface area contributed by atoms with E-state index in [1.54, 1.807) is 0 Å². The largest absolute Gasteiger partial charge is 0.367 e. The van der Waals surface area contributed by atoms with E-state index in [4.69, 9.17) is 10.2 Å². The average Bonchev–Trinajstić information content (AvgIpc) is 2.51. The molecule has 0 aliphatic carbocycles. The predicted octanol–water partition coefficient (Wildman–Crippen LogP) is 3.32. The maximum atomic E-state index is 7.99. The third kappa shape index (κ3) is 3.16. The maximum absolute atomic E-state index is 7.99. The van der Waals surface area contributed by atoms with Crippen molar-refractivity contribution in [1.82, 2.24) is 5.32 Å². The Morgan fingerprint density at radius 1 is 1.05 bits per heavy atom. The highest BCUT2D eigenvalue weighted by Crippen LogP contribution is 2.29. The number of hydrogen-bond acceptors (Lipinski definition) is 2. The van der Waals surface area contributed by atoms with Crippen molar-refractivity contribution >= 4 is 12.4 Å². The fourth-order valence-electron chi connectivity index (χ4n) is 2.15. The predicted molar refractivity (Wildman–Crippen MR) is 79.6 cm³/mol. The van der Waals surface area contributed by atoms with Gasteiger partial charge in [-0.25, -0.2) is 0 Å². The smallest absolute Gasteiger partial charge is 0.108 e. The summed E-state index contributed by atoms with van der Waals surface area (Å²) >= 11 is 0. The molecule has 0 radical (unpaired) electrons. The molecule has 1 heterocycles. The van der Waals surface area contributed by atoms with E-state index in [0.29, 0.717) is 0 Å². The number of rotatable bonds is 1. The number of nitrogens with one attached hydrogen (secondary N) is 1. The maximum Gasteiger partial charge on any atom is 0.108 e. The van der Waals surface area contributed by atoms with Crippen molar-refractivity contribution in [3.05, 3.63) is 71.3 Å². The first-order valence-electron chi connectivity index (χ1n) is 7.96. The van der Waals surface area contributed by atoms with Crippen molar-refractivity contribution in [3.8, 4) is 0 Å². The van der Waals surface area contributed by atoms with E-state index in [1.807, 2.05) is 54.6 Å². The quantitative estimate of drug-likeness (QED) is 0.865. The Kier molecular flexibility index (Phi) is 3.37. The lowest BCUT2D eigenvalue weighted by Crippen LogP contribution is -2.25. The molecule has 3 rings (SSSR count). The Morgan fingerprint density at radius 2 is 1.79 bits per heavy atom. The average molecular weight is 280 g/mol. The SMILES string of the molecule is Cl.[2H]C1([2H])NCc2ccccc2C(c2ccccc2)OC1([2H])[2H]. The normalized spacial score (nSPS) is 27.1. The Balaban J connectivity index is 0.00000192. The van der Waals surface area contributed by atoms with Crippen LogP contribution in [-0.2, 0) is 11.3 Å². The van der Waals surface area contributed by atoms with Crippen LogP contribution < -0.4 is 5.32 Å². The third-order valence-corrected chi connectivity index (χ3v) is 3.03. The molecule has 0 aromatic heterocycles. The van der Waals surface area contributed by atoms with Crippen LogP contribution in [-0.4, -0.2) is 13.1 Å². The van der Waals surface area contributed by atoms with Crippen LogP contribution in [0, 0.1) is 0 Å². The molecule has 0 amide bonds. The van der Waals surface area contributed by atoms with Crippen LogP contribution in [0.4, 0.5) is 0 Å². The third-order valence-electron chi connectivity index (χ3n) is 3.03. The van der Waals surface area contributed by atoms with Crippen LogP contribution in [0.25, 0.3) is 0 Å². The van der Waals surface area contributed by atoms with Crippen LogP contribution in [0.3, 0.4) is 0 Å². The molecule has 19 heavy (non-hydrogen) atoms. The van der Waals surface area contributed by atoms with Gasteiger partial charge in [-0.05, 0) is 16.7 Å². The molecule has 1 N–H and O–H groups in total. The second-order valence-electron chi connectivity index (χ2n) is 4.19. The van der Waals surface area contributed by atoms with Crippen molar-refractivity contribution in [2.45, 2.75) is 12.6 Å². The van der Waals surface area contributed by atoms with E-state index >= 15 is 0 Å². The van der Waals surface area contributed by atoms with E-state index < -0.39 is 19.2 Å². The van der Waals surface area contributed by atoms with E-state index in [9.17, 15) is 0 Å². The fourth-order valence-corrected chi connectivity index (χ4v) is 2.15. The topological polar surface area (TPSA) is 21.3 Å². The molecule has 3 heteroatoms. The van der Waals surface area contributed by atoms with Gasteiger partial charge in [-0.2, -0.15) is 0 Å². The molecule has 0 saturated heterocycles. The van der Waals surface area contributed by atoms with Gasteiger partial charge < -0.3 is 10.1 Å². The molecule has 0 fully saturated rings. The van der Waals surface area contributed by atoms with E-state index in [0.717, 1.165) is 16.7 Å². The van der Waals surface area contributed by atoms with Crippen molar-refractivity contribution in [3.63, 3.8) is 0 Å². The first-order valence-corrected chi connectivity index (χ1v) is 5.96. The summed E-state index contributed by atoms with van der Waals surface area (Å²) in [6.07, 6.45) is -0.649. The standard InChI is InChI=1S/C16H17NO.ClH/c1-2-6-13(7-3-1)16-15-9-5-4-8-14(15)12-17-10-11-18-16;/h1-9,16-17H,10-12H2;1H/i10D2,11D2;. The molecule has 1 unspecified atom stereocenters. The van der Waals surface area contributed by atoms with Crippen LogP contribution in [0.15, 0.2) is 54.6 Å². The van der Waals surface area contributed by atoms with Gasteiger partial charge in [-0.1, -0.05) is 54.6 Å². The van der Waals surface area contributed by atoms with Gasteiger partial charge in [-0.3, -0.25) is 0 Å². The molecule has 1 aliphatic heterocycles. The Bertz CT molecular complexity index is 666. The molecule has 100 valence electrons. The summed E-state index contributed by atoms with van der Waals surface area (Å²) < 4.78 is 37.4. The van der Waals surface area contributed by atoms with Gasteiger partial charge in [0.25, 0.3) is 0 Å². The summed E-state index contributed by atoms with van der Waals surface area (Å²) in [4.78, 5) is 0. The van der Waals surface area contributed by atoms with Gasteiger partial charge in [0.2, 0.25) is 0 Å². The number of ether oxygens (including phenoxy) is 1. The molecule has 1 atom stereocenters. The fraction of sp³-hybridized carbons (Fsp3) is 0.250. The summed E-state index contributed by atoms with van der Waals surface area (Å²) in [7, 11) is 0. The summed E-state index contributed by atoms with van der Waals surface area (Å²) in [5, 5.41) is 2.61. The Hall–Kier alpha value is -1.35. The lowest BCUT2D eigenvalue weighted by atomic mass is 9.96. The molecule has 2 aromatic rings. The minimum atomic E-state index is -2.46. The second kappa shape index (κ2) is 6.71. The molecule has 0 saturated carbocycles. The zero-order valence-electron chi connectivity index (χ0n) is 14.3. The van der Waals surface area contributed by atoms with Gasteiger partial charge >= 0.3 is 0 Å². The number of benzene rings is 2. The molecular formula is C16H18ClNO. The lowest BCUT2D eigenvalue weighted by Gasteiger charge is -2.24. The summed E-state index contributed by atoms with van der Waals surface area (Å²) in [6.45, 7) is -4.50. The number of halogens is 1. The Labute approximate surface area is 125 Å². The van der Waals surface area contributed by atoms with Crippen molar-refractivity contribution in [1.29, 1.82) is 0 Å². The monoisotopic (exact) mass is 279 g/mol. The molecular weight excluding hydrogens is 258 g/mol. The van der Waals surface area contributed by atoms with Crippen molar-refractivity contribution in [2.24, 2.45) is 0 Å². The highest BCUT2D eigenvalue weighted by atomic mass is 35.5. The highest BCUT2D eigenvalue weighted by molar-refractivity contribution is 5.85. The lowest BCUT2D eigenvalue weighted by molar-refractivity contribution is 0.0776. The Morgan fingerprint density at radius 3 is 2.63 bits per heavy atom. The first kappa shape index (κ1) is 9.54.